The van der Waals surface area contributed by atoms with Crippen molar-refractivity contribution in [2.24, 2.45) is 5.92 Å². The Labute approximate surface area is 151 Å². The Morgan fingerprint density at radius 2 is 1.75 bits per heavy atom. The monoisotopic (exact) mass is 383 g/mol. The lowest BCUT2D eigenvalue weighted by Gasteiger charge is -2.30. The predicted octanol–water partition coefficient (Wildman–Crippen LogP) is 3.99. The van der Waals surface area contributed by atoms with Crippen molar-refractivity contribution in [1.29, 1.82) is 0 Å². The fourth-order valence-electron chi connectivity index (χ4n) is 2.88. The molecule has 0 bridgehead atoms. The molecule has 1 fully saturated rings. The van der Waals surface area contributed by atoms with E-state index in [0.717, 1.165) is 16.9 Å². The molecule has 1 aromatic heterocycles. The minimum absolute atomic E-state index is 0.103. The number of hydrogen-bond acceptors (Lipinski definition) is 4. The van der Waals surface area contributed by atoms with Gasteiger partial charge in [-0.1, -0.05) is 41.4 Å². The predicted molar refractivity (Wildman–Crippen MR) is 96.3 cm³/mol. The molecule has 7 heteroatoms. The van der Waals surface area contributed by atoms with E-state index in [-0.39, 0.29) is 15.9 Å². The number of Topliss-reactive ketones (excluding diaryl/α,β-unsaturated/α-hetero) is 1. The number of aryl methyl sites for hydroxylation is 1. The van der Waals surface area contributed by atoms with Crippen molar-refractivity contribution in [2.75, 3.05) is 13.1 Å². The van der Waals surface area contributed by atoms with Crippen LogP contribution in [0.1, 0.15) is 28.8 Å². The fraction of sp³-hybridized carbons (Fsp3) is 0.353. The van der Waals surface area contributed by atoms with Gasteiger partial charge in [-0.3, -0.25) is 4.79 Å². The summed E-state index contributed by atoms with van der Waals surface area (Å²) >= 11 is 6.90. The number of hydrogen-bond donors (Lipinski definition) is 0. The molecule has 3 rings (SSSR count). The lowest BCUT2D eigenvalue weighted by atomic mass is 9.89. The van der Waals surface area contributed by atoms with Crippen LogP contribution in [-0.4, -0.2) is 31.6 Å². The number of carbonyl (C=O) groups excluding carboxylic acids is 1. The van der Waals surface area contributed by atoms with Gasteiger partial charge in [0.25, 0.3) is 10.0 Å². The third-order valence-corrected chi connectivity index (χ3v) is 7.90. The number of piperidine rings is 1. The zero-order valence-electron chi connectivity index (χ0n) is 13.2. The molecule has 0 amide bonds. The Balaban J connectivity index is 1.67. The van der Waals surface area contributed by atoms with Crippen LogP contribution in [0.2, 0.25) is 4.34 Å². The Kier molecular flexibility index (Phi) is 5.11. The van der Waals surface area contributed by atoms with Gasteiger partial charge >= 0.3 is 0 Å². The molecule has 128 valence electrons. The van der Waals surface area contributed by atoms with Gasteiger partial charge in [0.05, 0.1) is 4.34 Å². The summed E-state index contributed by atoms with van der Waals surface area (Å²) in [6.07, 6.45) is 1.09. The average molecular weight is 384 g/mol. The molecule has 1 aromatic carbocycles. The molecule has 24 heavy (non-hydrogen) atoms. The third-order valence-electron chi connectivity index (χ3n) is 4.30. The first kappa shape index (κ1) is 17.6. The molecule has 0 unspecified atom stereocenters. The van der Waals surface area contributed by atoms with Crippen molar-refractivity contribution in [1.82, 2.24) is 4.31 Å². The summed E-state index contributed by atoms with van der Waals surface area (Å²) in [5.41, 5.74) is 1.81. The van der Waals surface area contributed by atoms with Gasteiger partial charge in [0.2, 0.25) is 0 Å². The molecule has 0 saturated carbocycles. The van der Waals surface area contributed by atoms with Crippen LogP contribution in [-0.2, 0) is 10.0 Å². The van der Waals surface area contributed by atoms with E-state index in [1.54, 1.807) is 6.07 Å². The first-order valence-electron chi connectivity index (χ1n) is 7.74. The second kappa shape index (κ2) is 6.96. The first-order valence-corrected chi connectivity index (χ1v) is 10.4. The average Bonchev–Trinajstić information content (AvgIpc) is 3.02. The molecule has 0 spiro atoms. The van der Waals surface area contributed by atoms with Crippen LogP contribution < -0.4 is 0 Å². The number of benzene rings is 1. The molecular formula is C17H18ClNO3S2. The van der Waals surface area contributed by atoms with Crippen LogP contribution in [0.25, 0.3) is 0 Å². The molecule has 0 aliphatic carbocycles. The summed E-state index contributed by atoms with van der Waals surface area (Å²) in [6.45, 7) is 2.70. The Morgan fingerprint density at radius 1 is 1.12 bits per heavy atom. The lowest BCUT2D eigenvalue weighted by molar-refractivity contribution is 0.0875. The third kappa shape index (κ3) is 3.57. The first-order chi connectivity index (χ1) is 11.4. The molecule has 4 nitrogen and oxygen atoms in total. The molecule has 2 heterocycles. The summed E-state index contributed by atoms with van der Waals surface area (Å²) in [5, 5.41) is 0. The van der Waals surface area contributed by atoms with Gasteiger partial charge in [0, 0.05) is 24.6 Å². The zero-order valence-corrected chi connectivity index (χ0v) is 15.6. The van der Waals surface area contributed by atoms with Crippen molar-refractivity contribution < 1.29 is 13.2 Å². The number of nitrogens with zero attached hydrogens (tertiary/aromatic N) is 1. The summed E-state index contributed by atoms with van der Waals surface area (Å²) in [5.74, 6) is -0.0164. The zero-order chi connectivity index (χ0) is 17.3. The van der Waals surface area contributed by atoms with Crippen LogP contribution >= 0.6 is 22.9 Å². The standard InChI is InChI=1S/C17H18ClNO3S2/c1-12-2-4-13(5-3-12)17(20)14-8-10-19(11-9-14)24(21,22)16-7-6-15(18)23-16/h2-7,14H,8-11H2,1H3. The number of halogens is 1. The molecule has 1 aliphatic rings. The highest BCUT2D eigenvalue weighted by atomic mass is 35.5. The Morgan fingerprint density at radius 3 is 2.29 bits per heavy atom. The molecule has 0 atom stereocenters. The van der Waals surface area contributed by atoms with Crippen molar-refractivity contribution in [2.45, 2.75) is 24.0 Å². The number of thiophene rings is 1. The maximum atomic E-state index is 12.6. The molecule has 1 saturated heterocycles. The van der Waals surface area contributed by atoms with E-state index < -0.39 is 10.0 Å². The van der Waals surface area contributed by atoms with Gasteiger partial charge in [0.1, 0.15) is 4.21 Å². The number of rotatable bonds is 4. The van der Waals surface area contributed by atoms with E-state index in [9.17, 15) is 13.2 Å². The van der Waals surface area contributed by atoms with Gasteiger partial charge < -0.3 is 0 Å². The summed E-state index contributed by atoms with van der Waals surface area (Å²) in [6, 6.07) is 10.7. The van der Waals surface area contributed by atoms with Crippen LogP contribution in [0, 0.1) is 12.8 Å². The molecule has 2 aromatic rings. The van der Waals surface area contributed by atoms with E-state index in [0.29, 0.717) is 35.8 Å². The van der Waals surface area contributed by atoms with Crippen LogP contribution in [0.4, 0.5) is 0 Å². The minimum Gasteiger partial charge on any atom is -0.294 e. The minimum atomic E-state index is -3.50. The van der Waals surface area contributed by atoms with Crippen molar-refractivity contribution in [3.63, 3.8) is 0 Å². The summed E-state index contributed by atoms with van der Waals surface area (Å²) in [7, 11) is -3.50. The SMILES string of the molecule is Cc1ccc(C(=O)C2CCN(S(=O)(=O)c3ccc(Cl)s3)CC2)cc1. The highest BCUT2D eigenvalue weighted by Crippen LogP contribution is 2.31. The highest BCUT2D eigenvalue weighted by Gasteiger charge is 2.33. The van der Waals surface area contributed by atoms with Gasteiger partial charge in [-0.2, -0.15) is 4.31 Å². The number of sulfonamides is 1. The van der Waals surface area contributed by atoms with E-state index in [1.165, 1.54) is 10.4 Å². The van der Waals surface area contributed by atoms with Gasteiger partial charge in [-0.15, -0.1) is 11.3 Å². The van der Waals surface area contributed by atoms with Gasteiger partial charge in [-0.05, 0) is 31.9 Å². The smallest absolute Gasteiger partial charge is 0.252 e. The maximum absolute atomic E-state index is 12.6. The van der Waals surface area contributed by atoms with E-state index >= 15 is 0 Å². The topological polar surface area (TPSA) is 54.5 Å². The summed E-state index contributed by atoms with van der Waals surface area (Å²) < 4.78 is 27.3. The van der Waals surface area contributed by atoms with E-state index in [2.05, 4.69) is 0 Å². The van der Waals surface area contributed by atoms with Gasteiger partial charge in [0.15, 0.2) is 5.78 Å². The fourth-order valence-corrected chi connectivity index (χ4v) is 5.98. The van der Waals surface area contributed by atoms with E-state index in [4.69, 9.17) is 11.6 Å². The Bertz CT molecular complexity index is 835. The van der Waals surface area contributed by atoms with Crippen molar-refractivity contribution in [3.8, 4) is 0 Å². The van der Waals surface area contributed by atoms with Crippen LogP contribution in [0.5, 0.6) is 0 Å². The quantitative estimate of drug-likeness (QED) is 0.750. The van der Waals surface area contributed by atoms with Crippen LogP contribution in [0.15, 0.2) is 40.6 Å². The van der Waals surface area contributed by atoms with Crippen LogP contribution in [0.3, 0.4) is 0 Å². The van der Waals surface area contributed by atoms with Crippen molar-refractivity contribution >= 4 is 38.7 Å². The molecule has 1 aliphatic heterocycles. The second-order valence-corrected chi connectivity index (χ2v) is 9.85. The number of carbonyl (C=O) groups is 1. The Hall–Kier alpha value is -1.21. The maximum Gasteiger partial charge on any atom is 0.252 e. The normalized spacial score (nSPS) is 17.1. The second-order valence-electron chi connectivity index (χ2n) is 5.97. The lowest BCUT2D eigenvalue weighted by Crippen LogP contribution is -2.40. The van der Waals surface area contributed by atoms with E-state index in [1.807, 2.05) is 31.2 Å². The van der Waals surface area contributed by atoms with Gasteiger partial charge in [-0.25, -0.2) is 8.42 Å². The molecule has 0 N–H and O–H groups in total. The van der Waals surface area contributed by atoms with Crippen molar-refractivity contribution in [3.05, 3.63) is 51.9 Å². The largest absolute Gasteiger partial charge is 0.294 e. The molecule has 0 radical (unpaired) electrons. The summed E-state index contributed by atoms with van der Waals surface area (Å²) in [4.78, 5) is 12.6. The number of ketones is 1. The molecular weight excluding hydrogens is 366 g/mol. The highest BCUT2D eigenvalue weighted by molar-refractivity contribution is 7.91.